The second-order valence-electron chi connectivity index (χ2n) is 5.34. The Morgan fingerprint density at radius 3 is 2.37 bits per heavy atom. The molecule has 27 heavy (non-hydrogen) atoms. The number of thioether (sulfide) groups is 1. The number of nitrogens with two attached hydrogens (primary N) is 1. The van der Waals surface area contributed by atoms with E-state index in [1.165, 1.54) is 11.8 Å². The Bertz CT molecular complexity index is 543. The van der Waals surface area contributed by atoms with Crippen molar-refractivity contribution >= 4 is 41.5 Å². The van der Waals surface area contributed by atoms with E-state index in [4.69, 9.17) is 20.7 Å². The van der Waals surface area contributed by atoms with Crippen molar-refractivity contribution < 1.29 is 38.9 Å². The number of hydrogen-bond donors (Lipinski definition) is 5. The Balaban J connectivity index is 4.56. The first kappa shape index (κ1) is 24.7. The molecule has 0 heterocycles. The zero-order valence-electron chi connectivity index (χ0n) is 14.9. The standard InChI is InChI=1S/C15H25N3O8S/c1-2-26-13(22)5-6-27-8-10(14(23)17-7-12(20)21)18-11(19)4-3-9(16)15(24)25/h9-10H,2-8,16H2,1H3,(H,17,23)(H,18,19)(H,20,21)(H,24,25)/t9-,10-/m0/s1. The van der Waals surface area contributed by atoms with E-state index >= 15 is 0 Å². The van der Waals surface area contributed by atoms with Crippen molar-refractivity contribution in [2.24, 2.45) is 5.73 Å². The molecule has 154 valence electrons. The Morgan fingerprint density at radius 2 is 1.81 bits per heavy atom. The lowest BCUT2D eigenvalue weighted by molar-refractivity contribution is -0.142. The van der Waals surface area contributed by atoms with Crippen molar-refractivity contribution in [1.82, 2.24) is 10.6 Å². The van der Waals surface area contributed by atoms with E-state index < -0.39 is 42.4 Å². The van der Waals surface area contributed by atoms with Crippen LogP contribution in [0.15, 0.2) is 0 Å². The summed E-state index contributed by atoms with van der Waals surface area (Å²) in [6, 6.07) is -2.24. The molecular formula is C15H25N3O8S. The van der Waals surface area contributed by atoms with Crippen molar-refractivity contribution in [3.63, 3.8) is 0 Å². The third kappa shape index (κ3) is 12.6. The van der Waals surface area contributed by atoms with E-state index in [0.717, 1.165) is 0 Å². The van der Waals surface area contributed by atoms with Crippen LogP contribution in [0.3, 0.4) is 0 Å². The van der Waals surface area contributed by atoms with Crippen LogP contribution in [-0.4, -0.2) is 76.7 Å². The summed E-state index contributed by atoms with van der Waals surface area (Å²) in [4.78, 5) is 56.4. The third-order valence-corrected chi connectivity index (χ3v) is 4.17. The molecule has 0 bridgehead atoms. The van der Waals surface area contributed by atoms with Crippen LogP contribution >= 0.6 is 11.8 Å². The van der Waals surface area contributed by atoms with E-state index in [2.05, 4.69) is 10.6 Å². The van der Waals surface area contributed by atoms with Gasteiger partial charge in [-0.25, -0.2) is 0 Å². The number of carboxylic acid groups (broad SMARTS) is 2. The van der Waals surface area contributed by atoms with Crippen molar-refractivity contribution in [3.05, 3.63) is 0 Å². The van der Waals surface area contributed by atoms with Gasteiger partial charge >= 0.3 is 17.9 Å². The molecule has 2 atom stereocenters. The van der Waals surface area contributed by atoms with E-state index in [0.29, 0.717) is 5.75 Å². The largest absolute Gasteiger partial charge is 0.480 e. The average molecular weight is 407 g/mol. The second-order valence-corrected chi connectivity index (χ2v) is 6.49. The molecule has 0 saturated heterocycles. The molecule has 11 nitrogen and oxygen atoms in total. The molecule has 6 N–H and O–H groups in total. The highest BCUT2D eigenvalue weighted by Crippen LogP contribution is 2.07. The number of hydrogen-bond acceptors (Lipinski definition) is 8. The highest BCUT2D eigenvalue weighted by Gasteiger charge is 2.22. The van der Waals surface area contributed by atoms with Gasteiger partial charge in [-0.3, -0.25) is 24.0 Å². The van der Waals surface area contributed by atoms with Crippen molar-refractivity contribution in [3.8, 4) is 0 Å². The second kappa shape index (κ2) is 13.8. The molecule has 0 unspecified atom stereocenters. The lowest BCUT2D eigenvalue weighted by Gasteiger charge is -2.18. The van der Waals surface area contributed by atoms with Crippen LogP contribution in [0.25, 0.3) is 0 Å². The molecule has 0 aromatic rings. The third-order valence-electron chi connectivity index (χ3n) is 3.11. The van der Waals surface area contributed by atoms with Gasteiger partial charge in [-0.05, 0) is 13.3 Å². The molecule has 0 spiro atoms. The average Bonchev–Trinajstić information content (AvgIpc) is 2.60. The highest BCUT2D eigenvalue weighted by atomic mass is 32.2. The summed E-state index contributed by atoms with van der Waals surface area (Å²) in [7, 11) is 0. The fraction of sp³-hybridized carbons (Fsp3) is 0.667. The zero-order valence-corrected chi connectivity index (χ0v) is 15.8. The molecule has 0 saturated carbocycles. The van der Waals surface area contributed by atoms with Gasteiger partial charge in [0.2, 0.25) is 11.8 Å². The Labute approximate surface area is 160 Å². The summed E-state index contributed by atoms with van der Waals surface area (Å²) in [5, 5.41) is 21.9. The van der Waals surface area contributed by atoms with Crippen molar-refractivity contribution in [2.45, 2.75) is 38.3 Å². The van der Waals surface area contributed by atoms with Gasteiger partial charge in [0.05, 0.1) is 13.0 Å². The molecule has 2 amide bonds. The summed E-state index contributed by atoms with van der Waals surface area (Å²) >= 11 is 1.21. The lowest BCUT2D eigenvalue weighted by Crippen LogP contribution is -2.49. The Kier molecular flexibility index (Phi) is 12.6. The fourth-order valence-corrected chi connectivity index (χ4v) is 2.68. The fourth-order valence-electron chi connectivity index (χ4n) is 1.74. The number of ether oxygens (including phenoxy) is 1. The summed E-state index contributed by atoms with van der Waals surface area (Å²) in [6.07, 6.45) is -0.187. The predicted molar refractivity (Wildman–Crippen MR) is 96.0 cm³/mol. The molecule has 0 rings (SSSR count). The van der Waals surface area contributed by atoms with Crippen LogP contribution in [0.1, 0.15) is 26.2 Å². The highest BCUT2D eigenvalue weighted by molar-refractivity contribution is 7.99. The van der Waals surface area contributed by atoms with Gasteiger partial charge in [-0.15, -0.1) is 0 Å². The van der Waals surface area contributed by atoms with E-state index in [1.807, 2.05) is 0 Å². The maximum atomic E-state index is 12.0. The first-order chi connectivity index (χ1) is 12.7. The van der Waals surface area contributed by atoms with Gasteiger partial charge in [-0.1, -0.05) is 0 Å². The number of carboxylic acids is 2. The minimum absolute atomic E-state index is 0.0988. The van der Waals surface area contributed by atoms with Gasteiger partial charge in [0.15, 0.2) is 0 Å². The van der Waals surface area contributed by atoms with Gasteiger partial charge in [0.1, 0.15) is 18.6 Å². The van der Waals surface area contributed by atoms with Crippen LogP contribution < -0.4 is 16.4 Å². The van der Waals surface area contributed by atoms with Gasteiger partial charge in [0, 0.05) is 17.9 Å². The normalized spacial score (nSPS) is 12.5. The van der Waals surface area contributed by atoms with Gasteiger partial charge in [-0.2, -0.15) is 11.8 Å². The Hall–Kier alpha value is -2.34. The molecule has 0 aromatic heterocycles. The summed E-state index contributed by atoms with van der Waals surface area (Å²) in [5.74, 6) is -3.71. The first-order valence-corrected chi connectivity index (χ1v) is 9.33. The maximum Gasteiger partial charge on any atom is 0.322 e. The summed E-state index contributed by atoms with van der Waals surface area (Å²) < 4.78 is 4.77. The maximum absolute atomic E-state index is 12.0. The molecule has 0 aromatic carbocycles. The van der Waals surface area contributed by atoms with E-state index in [-0.39, 0.29) is 37.6 Å². The van der Waals surface area contributed by atoms with Crippen LogP contribution in [0, 0.1) is 0 Å². The SMILES string of the molecule is CCOC(=O)CCSC[C@H](NC(=O)CC[C@H](N)C(=O)O)C(=O)NCC(=O)O. The number of aliphatic carboxylic acids is 2. The number of carbonyl (C=O) groups is 5. The number of amides is 2. The summed E-state index contributed by atoms with van der Waals surface area (Å²) in [6.45, 7) is 1.33. The minimum Gasteiger partial charge on any atom is -0.480 e. The van der Waals surface area contributed by atoms with Crippen molar-refractivity contribution in [1.29, 1.82) is 0 Å². The van der Waals surface area contributed by atoms with E-state index in [1.54, 1.807) is 6.92 Å². The molecule has 0 aliphatic rings. The van der Waals surface area contributed by atoms with Crippen LogP contribution in [0.4, 0.5) is 0 Å². The monoisotopic (exact) mass is 407 g/mol. The molecular weight excluding hydrogens is 382 g/mol. The topological polar surface area (TPSA) is 185 Å². The quantitative estimate of drug-likeness (QED) is 0.168. The predicted octanol–water partition coefficient (Wildman–Crippen LogP) is -1.45. The molecule has 0 fully saturated rings. The number of rotatable bonds is 14. The van der Waals surface area contributed by atoms with Crippen LogP contribution in [-0.2, 0) is 28.7 Å². The molecule has 12 heteroatoms. The first-order valence-electron chi connectivity index (χ1n) is 8.18. The number of carbonyl (C=O) groups excluding carboxylic acids is 3. The number of esters is 1. The van der Waals surface area contributed by atoms with Crippen LogP contribution in [0.2, 0.25) is 0 Å². The van der Waals surface area contributed by atoms with E-state index in [9.17, 15) is 24.0 Å². The van der Waals surface area contributed by atoms with Gasteiger partial charge < -0.3 is 31.3 Å². The lowest BCUT2D eigenvalue weighted by atomic mass is 10.1. The van der Waals surface area contributed by atoms with Gasteiger partial charge in [0.25, 0.3) is 0 Å². The molecule has 0 aliphatic heterocycles. The molecule has 0 radical (unpaired) electrons. The molecule has 0 aliphatic carbocycles. The number of nitrogens with one attached hydrogen (secondary N) is 2. The van der Waals surface area contributed by atoms with Crippen LogP contribution in [0.5, 0.6) is 0 Å². The minimum atomic E-state index is -1.24. The Morgan fingerprint density at radius 1 is 1.15 bits per heavy atom. The smallest absolute Gasteiger partial charge is 0.322 e. The summed E-state index contributed by atoms with van der Waals surface area (Å²) in [5.41, 5.74) is 5.32. The van der Waals surface area contributed by atoms with Crippen molar-refractivity contribution in [2.75, 3.05) is 24.7 Å². The zero-order chi connectivity index (χ0) is 20.8.